The minimum Gasteiger partial charge on any atom is -0.465 e. The molecule has 2 aromatic carbocycles. The number of aryl methyl sites for hydroxylation is 1. The summed E-state index contributed by atoms with van der Waals surface area (Å²) in [5.74, 6) is -0.721. The Bertz CT molecular complexity index is 912. The maximum atomic E-state index is 13.1. The van der Waals surface area contributed by atoms with Gasteiger partial charge in [-0.1, -0.05) is 24.3 Å². The molecule has 2 aromatic rings. The highest BCUT2D eigenvalue weighted by Crippen LogP contribution is 2.27. The molecule has 26 heavy (non-hydrogen) atoms. The van der Waals surface area contributed by atoms with Gasteiger partial charge in [0.2, 0.25) is 0 Å². The van der Waals surface area contributed by atoms with E-state index in [1.807, 2.05) is 0 Å². The van der Waals surface area contributed by atoms with Crippen molar-refractivity contribution in [1.82, 2.24) is 0 Å². The Morgan fingerprint density at radius 1 is 1.19 bits per heavy atom. The molecule has 0 N–H and O–H groups in total. The highest BCUT2D eigenvalue weighted by atomic mass is 32.2. The third-order valence-electron chi connectivity index (χ3n) is 3.59. The van der Waals surface area contributed by atoms with E-state index in [0.29, 0.717) is 5.56 Å². The molecule has 0 aliphatic carbocycles. The first kappa shape index (κ1) is 19.4. The van der Waals surface area contributed by atoms with Crippen molar-refractivity contribution >= 4 is 27.4 Å². The number of nitrogens with zero attached hydrogens (tertiary/aromatic N) is 2. The molecule has 0 amide bonds. The molecule has 0 heterocycles. The molecule has 0 saturated carbocycles. The number of para-hydroxylation sites is 1. The van der Waals surface area contributed by atoms with Gasteiger partial charge in [-0.3, -0.25) is 19.2 Å². The third kappa shape index (κ3) is 4.17. The molecule has 0 spiro atoms. The van der Waals surface area contributed by atoms with E-state index in [0.717, 1.165) is 10.4 Å². The number of rotatable bonds is 7. The molecule has 8 nitrogen and oxygen atoms in total. The average molecular weight is 378 g/mol. The molecule has 138 valence electrons. The summed E-state index contributed by atoms with van der Waals surface area (Å²) >= 11 is 0. The quantitative estimate of drug-likeness (QED) is 0.416. The topological polar surface area (TPSA) is 107 Å². The summed E-state index contributed by atoms with van der Waals surface area (Å²) in [5, 5.41) is 11.1. The van der Waals surface area contributed by atoms with Gasteiger partial charge in [-0.15, -0.1) is 0 Å². The van der Waals surface area contributed by atoms with E-state index < -0.39 is 27.5 Å². The second-order valence-electron chi connectivity index (χ2n) is 5.36. The summed E-state index contributed by atoms with van der Waals surface area (Å²) in [7, 11) is -4.21. The van der Waals surface area contributed by atoms with Crippen molar-refractivity contribution in [3.05, 3.63) is 64.2 Å². The molecule has 9 heteroatoms. The smallest absolute Gasteiger partial charge is 0.326 e. The minimum absolute atomic E-state index is 0.109. The number of hydrogen-bond acceptors (Lipinski definition) is 6. The van der Waals surface area contributed by atoms with Gasteiger partial charge in [0.1, 0.15) is 6.54 Å². The fourth-order valence-electron chi connectivity index (χ4n) is 2.31. The highest BCUT2D eigenvalue weighted by molar-refractivity contribution is 7.92. The predicted molar refractivity (Wildman–Crippen MR) is 95.4 cm³/mol. The van der Waals surface area contributed by atoms with Gasteiger partial charge in [0.05, 0.1) is 22.1 Å². The number of esters is 1. The third-order valence-corrected chi connectivity index (χ3v) is 5.36. The van der Waals surface area contributed by atoms with Crippen LogP contribution >= 0.6 is 0 Å². The second kappa shape index (κ2) is 7.96. The standard InChI is InChI=1S/C17H18N2O6S/c1-3-25-17(20)12-18(14-7-5-4-6-8-14)26(23,24)15-10-9-13(2)16(11-15)19(21)22/h4-11H,3,12H2,1-2H3. The Labute approximate surface area is 151 Å². The first-order valence-corrected chi connectivity index (χ1v) is 9.19. The van der Waals surface area contributed by atoms with Crippen LogP contribution in [0.5, 0.6) is 0 Å². The van der Waals surface area contributed by atoms with E-state index in [9.17, 15) is 23.3 Å². The van der Waals surface area contributed by atoms with Crippen LogP contribution in [0.3, 0.4) is 0 Å². The summed E-state index contributed by atoms with van der Waals surface area (Å²) < 4.78 is 31.8. The van der Waals surface area contributed by atoms with Crippen LogP contribution in [0.1, 0.15) is 12.5 Å². The number of carbonyl (C=O) groups excluding carboxylic acids is 1. The number of ether oxygens (including phenoxy) is 1. The van der Waals surface area contributed by atoms with E-state index in [1.165, 1.54) is 31.2 Å². The van der Waals surface area contributed by atoms with Crippen LogP contribution in [0.2, 0.25) is 0 Å². The zero-order chi connectivity index (χ0) is 19.3. The predicted octanol–water partition coefficient (Wildman–Crippen LogP) is 2.66. The normalized spacial score (nSPS) is 11.0. The zero-order valence-electron chi connectivity index (χ0n) is 14.3. The Morgan fingerprint density at radius 2 is 1.85 bits per heavy atom. The number of sulfonamides is 1. The lowest BCUT2D eigenvalue weighted by Gasteiger charge is -2.23. The Kier molecular flexibility index (Phi) is 5.93. The molecule has 0 saturated heterocycles. The Morgan fingerprint density at radius 3 is 2.42 bits per heavy atom. The molecule has 0 aromatic heterocycles. The monoisotopic (exact) mass is 378 g/mol. The molecule has 0 bridgehead atoms. The van der Waals surface area contributed by atoms with Crippen molar-refractivity contribution in [1.29, 1.82) is 0 Å². The molecular formula is C17H18N2O6S. The Hall–Kier alpha value is -2.94. The first-order valence-electron chi connectivity index (χ1n) is 7.75. The van der Waals surface area contributed by atoms with E-state index in [2.05, 4.69) is 0 Å². The van der Waals surface area contributed by atoms with Gasteiger partial charge >= 0.3 is 5.97 Å². The summed E-state index contributed by atoms with van der Waals surface area (Å²) in [4.78, 5) is 22.1. The van der Waals surface area contributed by atoms with Crippen LogP contribution in [0, 0.1) is 17.0 Å². The molecule has 0 unspecified atom stereocenters. The van der Waals surface area contributed by atoms with Gasteiger partial charge in [0.25, 0.3) is 15.7 Å². The fourth-order valence-corrected chi connectivity index (χ4v) is 3.74. The van der Waals surface area contributed by atoms with Gasteiger partial charge in [0.15, 0.2) is 0 Å². The average Bonchev–Trinajstić information content (AvgIpc) is 2.60. The van der Waals surface area contributed by atoms with Crippen molar-refractivity contribution < 1.29 is 22.9 Å². The number of anilines is 1. The van der Waals surface area contributed by atoms with Gasteiger partial charge in [0, 0.05) is 11.6 Å². The van der Waals surface area contributed by atoms with E-state index in [4.69, 9.17) is 4.74 Å². The van der Waals surface area contributed by atoms with Gasteiger partial charge < -0.3 is 4.74 Å². The maximum Gasteiger partial charge on any atom is 0.326 e. The molecule has 0 atom stereocenters. The SMILES string of the molecule is CCOC(=O)CN(c1ccccc1)S(=O)(=O)c1ccc(C)c([N+](=O)[O-])c1. The summed E-state index contributed by atoms with van der Waals surface area (Å²) in [6, 6.07) is 11.6. The first-order chi connectivity index (χ1) is 12.3. The number of nitro benzene ring substituents is 1. The lowest BCUT2D eigenvalue weighted by atomic mass is 10.2. The van der Waals surface area contributed by atoms with Crippen LogP contribution in [0.15, 0.2) is 53.4 Å². The minimum atomic E-state index is -4.21. The zero-order valence-corrected chi connectivity index (χ0v) is 15.1. The van der Waals surface area contributed by atoms with Gasteiger partial charge in [-0.25, -0.2) is 8.42 Å². The molecule has 0 fully saturated rings. The fraction of sp³-hybridized carbons (Fsp3) is 0.235. The van der Waals surface area contributed by atoms with Crippen molar-refractivity contribution in [3.8, 4) is 0 Å². The van der Waals surface area contributed by atoms with Crippen molar-refractivity contribution in [2.24, 2.45) is 0 Å². The number of hydrogen-bond donors (Lipinski definition) is 0. The molecular weight excluding hydrogens is 360 g/mol. The summed E-state index contributed by atoms with van der Waals surface area (Å²) in [6.45, 7) is 2.70. The van der Waals surface area contributed by atoms with Crippen molar-refractivity contribution in [3.63, 3.8) is 0 Å². The number of nitro groups is 1. The lowest BCUT2D eigenvalue weighted by molar-refractivity contribution is -0.385. The lowest BCUT2D eigenvalue weighted by Crippen LogP contribution is -2.36. The summed E-state index contributed by atoms with van der Waals surface area (Å²) in [6.07, 6.45) is 0. The van der Waals surface area contributed by atoms with Crippen LogP contribution in [0.25, 0.3) is 0 Å². The summed E-state index contributed by atoms with van der Waals surface area (Å²) in [5.41, 5.74) is 0.282. The second-order valence-corrected chi connectivity index (χ2v) is 7.22. The van der Waals surface area contributed by atoms with Gasteiger partial charge in [-0.05, 0) is 32.0 Å². The van der Waals surface area contributed by atoms with Crippen LogP contribution < -0.4 is 4.31 Å². The molecule has 2 rings (SSSR count). The van der Waals surface area contributed by atoms with E-state index >= 15 is 0 Å². The Balaban J connectivity index is 2.54. The van der Waals surface area contributed by atoms with Crippen molar-refractivity contribution in [2.45, 2.75) is 18.7 Å². The highest BCUT2D eigenvalue weighted by Gasteiger charge is 2.29. The van der Waals surface area contributed by atoms with Crippen LogP contribution in [-0.2, 0) is 19.6 Å². The molecule has 0 aliphatic heterocycles. The van der Waals surface area contributed by atoms with Crippen LogP contribution in [0.4, 0.5) is 11.4 Å². The van der Waals surface area contributed by atoms with Gasteiger partial charge in [-0.2, -0.15) is 0 Å². The molecule has 0 radical (unpaired) electrons. The van der Waals surface area contributed by atoms with E-state index in [-0.39, 0.29) is 22.9 Å². The maximum absolute atomic E-state index is 13.1. The number of benzene rings is 2. The largest absolute Gasteiger partial charge is 0.465 e. The number of carbonyl (C=O) groups is 1. The van der Waals surface area contributed by atoms with Crippen molar-refractivity contribution in [2.75, 3.05) is 17.5 Å². The van der Waals surface area contributed by atoms with E-state index in [1.54, 1.807) is 25.1 Å². The van der Waals surface area contributed by atoms with Crippen LogP contribution in [-0.4, -0.2) is 32.5 Å². The molecule has 0 aliphatic rings.